The maximum atomic E-state index is 12.0. The minimum Gasteiger partial charge on any atom is -0.288 e. The topological polar surface area (TPSA) is 63.2 Å². The zero-order valence-corrected chi connectivity index (χ0v) is 12.3. The second-order valence-electron chi connectivity index (χ2n) is 5.07. The largest absolute Gasteiger partial charge is 0.288 e. The van der Waals surface area contributed by atoms with E-state index < -0.39 is 0 Å². The van der Waals surface area contributed by atoms with E-state index in [0.29, 0.717) is 24.6 Å². The minimum atomic E-state index is 0.104. The number of carbonyl (C=O) groups excluding carboxylic acids is 2. The highest BCUT2D eigenvalue weighted by atomic mass is 32.2. The summed E-state index contributed by atoms with van der Waals surface area (Å²) in [6.07, 6.45) is 2.90. The van der Waals surface area contributed by atoms with Crippen LogP contribution < -0.4 is 4.90 Å². The average Bonchev–Trinajstić information content (AvgIpc) is 2.98. The summed E-state index contributed by atoms with van der Waals surface area (Å²) in [6.45, 7) is 2.23. The zero-order valence-electron chi connectivity index (χ0n) is 10.7. The third-order valence-electron chi connectivity index (χ3n) is 3.31. The van der Waals surface area contributed by atoms with Crippen molar-refractivity contribution in [2.45, 2.75) is 32.1 Å². The molecule has 2 heterocycles. The van der Waals surface area contributed by atoms with Gasteiger partial charge in [-0.25, -0.2) is 0 Å². The number of carbonyl (C=O) groups is 2. The van der Waals surface area contributed by atoms with Gasteiger partial charge in [0.1, 0.15) is 5.01 Å². The Labute approximate surface area is 119 Å². The molecule has 3 rings (SSSR count). The van der Waals surface area contributed by atoms with Crippen molar-refractivity contribution in [3.8, 4) is 0 Å². The highest BCUT2D eigenvalue weighted by Gasteiger charge is 2.34. The Morgan fingerprint density at radius 2 is 2.26 bits per heavy atom. The van der Waals surface area contributed by atoms with Gasteiger partial charge in [0.2, 0.25) is 11.0 Å². The molecule has 19 heavy (non-hydrogen) atoms. The van der Waals surface area contributed by atoms with Gasteiger partial charge in [-0.15, -0.1) is 10.2 Å². The summed E-state index contributed by atoms with van der Waals surface area (Å²) < 4.78 is 0. The molecule has 0 bridgehead atoms. The first-order valence-electron chi connectivity index (χ1n) is 6.40. The zero-order chi connectivity index (χ0) is 13.4. The van der Waals surface area contributed by atoms with Crippen molar-refractivity contribution in [1.29, 1.82) is 0 Å². The van der Waals surface area contributed by atoms with Gasteiger partial charge >= 0.3 is 0 Å². The number of thioether (sulfide) groups is 1. The Morgan fingerprint density at radius 1 is 1.47 bits per heavy atom. The molecule has 2 fully saturated rings. The van der Waals surface area contributed by atoms with Crippen LogP contribution >= 0.6 is 23.1 Å². The smallest absolute Gasteiger partial charge is 0.229 e. The van der Waals surface area contributed by atoms with E-state index in [0.717, 1.165) is 10.1 Å². The van der Waals surface area contributed by atoms with Gasteiger partial charge in [0.25, 0.3) is 0 Å². The standard InChI is InChI=1S/C12H15N3O2S2/c1-7(16)18-6-8-4-10(17)15(5-8)12-14-13-11(19-12)9-2-3-9/h8-9H,2-6H2,1H3. The Bertz CT molecular complexity index is 513. The SMILES string of the molecule is CC(=O)SCC1CC(=O)N(c2nnc(C3CC3)s2)C1. The van der Waals surface area contributed by atoms with Crippen LogP contribution in [0.5, 0.6) is 0 Å². The number of amides is 1. The van der Waals surface area contributed by atoms with Crippen molar-refractivity contribution in [1.82, 2.24) is 10.2 Å². The molecular formula is C12H15N3O2S2. The third-order valence-corrected chi connectivity index (χ3v) is 5.47. The molecule has 0 aromatic carbocycles. The summed E-state index contributed by atoms with van der Waals surface area (Å²) in [7, 11) is 0. The highest BCUT2D eigenvalue weighted by molar-refractivity contribution is 8.13. The summed E-state index contributed by atoms with van der Waals surface area (Å²) in [4.78, 5) is 24.7. The van der Waals surface area contributed by atoms with Crippen LogP contribution in [-0.4, -0.2) is 33.5 Å². The van der Waals surface area contributed by atoms with Crippen LogP contribution in [0.3, 0.4) is 0 Å². The third kappa shape index (κ3) is 2.97. The Balaban J connectivity index is 1.63. The molecule has 0 spiro atoms. The van der Waals surface area contributed by atoms with Gasteiger partial charge in [-0.05, 0) is 18.8 Å². The summed E-state index contributed by atoms with van der Waals surface area (Å²) >= 11 is 2.84. The van der Waals surface area contributed by atoms with Crippen LogP contribution in [0.4, 0.5) is 5.13 Å². The normalized spacial score (nSPS) is 23.1. The Morgan fingerprint density at radius 3 is 2.95 bits per heavy atom. The molecule has 0 radical (unpaired) electrons. The molecule has 1 aliphatic carbocycles. The monoisotopic (exact) mass is 297 g/mol. The molecule has 2 aliphatic rings. The van der Waals surface area contributed by atoms with Crippen LogP contribution in [0, 0.1) is 5.92 Å². The quantitative estimate of drug-likeness (QED) is 0.851. The number of hydrogen-bond acceptors (Lipinski definition) is 6. The molecule has 1 aromatic heterocycles. The van der Waals surface area contributed by atoms with E-state index in [2.05, 4.69) is 10.2 Å². The summed E-state index contributed by atoms with van der Waals surface area (Å²) in [5, 5.41) is 10.2. The minimum absolute atomic E-state index is 0.104. The van der Waals surface area contributed by atoms with E-state index in [1.54, 1.807) is 23.2 Å². The fraction of sp³-hybridized carbons (Fsp3) is 0.667. The maximum Gasteiger partial charge on any atom is 0.229 e. The second kappa shape index (κ2) is 5.20. The number of aromatic nitrogens is 2. The van der Waals surface area contributed by atoms with Crippen molar-refractivity contribution in [2.75, 3.05) is 17.2 Å². The Kier molecular flexibility index (Phi) is 3.58. The predicted molar refractivity (Wildman–Crippen MR) is 75.5 cm³/mol. The molecule has 1 amide bonds. The molecule has 1 saturated heterocycles. The van der Waals surface area contributed by atoms with E-state index >= 15 is 0 Å². The average molecular weight is 297 g/mol. The molecule has 102 valence electrons. The lowest BCUT2D eigenvalue weighted by atomic mass is 10.1. The van der Waals surface area contributed by atoms with E-state index in [4.69, 9.17) is 0 Å². The predicted octanol–water partition coefficient (Wildman–Crippen LogP) is 2.05. The number of hydrogen-bond donors (Lipinski definition) is 0. The number of anilines is 1. The van der Waals surface area contributed by atoms with Crippen LogP contribution in [-0.2, 0) is 9.59 Å². The summed E-state index contributed by atoms with van der Waals surface area (Å²) in [5.41, 5.74) is 0. The molecular weight excluding hydrogens is 282 g/mol. The van der Waals surface area contributed by atoms with Gasteiger partial charge in [0, 0.05) is 31.6 Å². The van der Waals surface area contributed by atoms with Crippen LogP contribution in [0.25, 0.3) is 0 Å². The van der Waals surface area contributed by atoms with Crippen LogP contribution in [0.2, 0.25) is 0 Å². The van der Waals surface area contributed by atoms with Gasteiger partial charge in [-0.3, -0.25) is 14.5 Å². The van der Waals surface area contributed by atoms with Crippen LogP contribution in [0.1, 0.15) is 37.1 Å². The van der Waals surface area contributed by atoms with Gasteiger partial charge in [-0.1, -0.05) is 23.1 Å². The first-order valence-corrected chi connectivity index (χ1v) is 8.21. The fourth-order valence-electron chi connectivity index (χ4n) is 2.14. The van der Waals surface area contributed by atoms with Crippen molar-refractivity contribution < 1.29 is 9.59 Å². The summed E-state index contributed by atoms with van der Waals surface area (Å²) in [6, 6.07) is 0. The lowest BCUT2D eigenvalue weighted by molar-refractivity contribution is -0.117. The molecule has 5 nitrogen and oxygen atoms in total. The Hall–Kier alpha value is -0.950. The van der Waals surface area contributed by atoms with Gasteiger partial charge in [-0.2, -0.15) is 0 Å². The molecule has 1 saturated carbocycles. The molecule has 7 heteroatoms. The number of nitrogens with zero attached hydrogens (tertiary/aromatic N) is 3. The van der Waals surface area contributed by atoms with E-state index in [-0.39, 0.29) is 16.9 Å². The molecule has 1 unspecified atom stereocenters. The first kappa shape index (κ1) is 13.1. The van der Waals surface area contributed by atoms with Gasteiger partial charge in [0.15, 0.2) is 5.12 Å². The fourth-order valence-corrected chi connectivity index (χ4v) is 3.88. The highest BCUT2D eigenvalue weighted by Crippen LogP contribution is 2.43. The summed E-state index contributed by atoms with van der Waals surface area (Å²) in [5.74, 6) is 1.64. The van der Waals surface area contributed by atoms with Gasteiger partial charge < -0.3 is 0 Å². The van der Waals surface area contributed by atoms with Crippen molar-refractivity contribution in [3.63, 3.8) is 0 Å². The molecule has 1 atom stereocenters. The van der Waals surface area contributed by atoms with Gasteiger partial charge in [0.05, 0.1) is 0 Å². The first-order chi connectivity index (χ1) is 9.13. The van der Waals surface area contributed by atoms with Crippen molar-refractivity contribution in [3.05, 3.63) is 5.01 Å². The lowest BCUT2D eigenvalue weighted by Crippen LogP contribution is -2.24. The number of rotatable bonds is 4. The van der Waals surface area contributed by atoms with Crippen molar-refractivity contribution >= 4 is 39.3 Å². The van der Waals surface area contributed by atoms with Crippen molar-refractivity contribution in [2.24, 2.45) is 5.92 Å². The van der Waals surface area contributed by atoms with E-state index in [9.17, 15) is 9.59 Å². The van der Waals surface area contributed by atoms with E-state index in [1.807, 2.05) is 0 Å². The molecule has 1 aromatic rings. The van der Waals surface area contributed by atoms with E-state index in [1.165, 1.54) is 24.6 Å². The second-order valence-corrected chi connectivity index (χ2v) is 7.26. The molecule has 0 N–H and O–H groups in total. The van der Waals surface area contributed by atoms with Crippen LogP contribution in [0.15, 0.2) is 0 Å². The maximum absolute atomic E-state index is 12.0. The lowest BCUT2D eigenvalue weighted by Gasteiger charge is -2.11. The molecule has 1 aliphatic heterocycles.